The molecule has 1 aromatic carbocycles. The standard InChI is InChI=1S/C14H10FN/c15-13-5-3-4-11(8-13)12-9-14-6-1-2-7-16(14)10-12/h1-10H. The zero-order valence-electron chi connectivity index (χ0n) is 8.60. The fourth-order valence-electron chi connectivity index (χ4n) is 1.88. The van der Waals surface area contributed by atoms with E-state index in [9.17, 15) is 4.39 Å². The Morgan fingerprint density at radius 2 is 1.81 bits per heavy atom. The van der Waals surface area contributed by atoms with E-state index in [1.807, 2.05) is 41.1 Å². The summed E-state index contributed by atoms with van der Waals surface area (Å²) in [5.41, 5.74) is 3.05. The molecule has 2 heterocycles. The molecule has 0 aliphatic carbocycles. The van der Waals surface area contributed by atoms with Crippen molar-refractivity contribution in [3.05, 3.63) is 66.7 Å². The predicted molar refractivity (Wildman–Crippen MR) is 62.8 cm³/mol. The summed E-state index contributed by atoms with van der Waals surface area (Å²) in [6, 6.07) is 14.7. The number of pyridine rings is 1. The zero-order chi connectivity index (χ0) is 11.0. The maximum atomic E-state index is 13.1. The maximum absolute atomic E-state index is 13.1. The van der Waals surface area contributed by atoms with Crippen LogP contribution in [0.5, 0.6) is 0 Å². The van der Waals surface area contributed by atoms with Crippen molar-refractivity contribution in [2.24, 2.45) is 0 Å². The molecule has 0 amide bonds. The van der Waals surface area contributed by atoms with E-state index in [4.69, 9.17) is 0 Å². The van der Waals surface area contributed by atoms with Gasteiger partial charge in [-0.25, -0.2) is 4.39 Å². The van der Waals surface area contributed by atoms with E-state index >= 15 is 0 Å². The molecule has 0 unspecified atom stereocenters. The lowest BCUT2D eigenvalue weighted by Gasteiger charge is -1.96. The predicted octanol–water partition coefficient (Wildman–Crippen LogP) is 3.75. The van der Waals surface area contributed by atoms with Crippen molar-refractivity contribution in [2.45, 2.75) is 0 Å². The maximum Gasteiger partial charge on any atom is 0.123 e. The van der Waals surface area contributed by atoms with Gasteiger partial charge < -0.3 is 4.40 Å². The molecule has 0 atom stereocenters. The molecule has 0 bridgehead atoms. The van der Waals surface area contributed by atoms with E-state index in [-0.39, 0.29) is 5.82 Å². The van der Waals surface area contributed by atoms with Crippen molar-refractivity contribution in [3.63, 3.8) is 0 Å². The van der Waals surface area contributed by atoms with Gasteiger partial charge in [-0.15, -0.1) is 0 Å². The lowest BCUT2D eigenvalue weighted by Crippen LogP contribution is -1.78. The van der Waals surface area contributed by atoms with Gasteiger partial charge in [-0.3, -0.25) is 0 Å². The van der Waals surface area contributed by atoms with Crippen LogP contribution in [0.1, 0.15) is 0 Å². The third kappa shape index (κ3) is 1.48. The number of hydrogen-bond donors (Lipinski definition) is 0. The van der Waals surface area contributed by atoms with Crippen LogP contribution in [-0.4, -0.2) is 4.40 Å². The molecule has 3 rings (SSSR count). The normalized spacial score (nSPS) is 10.8. The summed E-state index contributed by atoms with van der Waals surface area (Å²) in [6.45, 7) is 0. The first kappa shape index (κ1) is 9.16. The molecular weight excluding hydrogens is 201 g/mol. The third-order valence-corrected chi connectivity index (χ3v) is 2.66. The highest BCUT2D eigenvalue weighted by Crippen LogP contribution is 2.22. The Balaban J connectivity index is 2.19. The second-order valence-electron chi connectivity index (χ2n) is 3.77. The van der Waals surface area contributed by atoms with Crippen molar-refractivity contribution in [1.82, 2.24) is 4.40 Å². The van der Waals surface area contributed by atoms with E-state index in [2.05, 4.69) is 6.07 Å². The van der Waals surface area contributed by atoms with Gasteiger partial charge in [0.1, 0.15) is 5.82 Å². The van der Waals surface area contributed by atoms with Crippen LogP contribution in [0.25, 0.3) is 16.6 Å². The number of hydrogen-bond acceptors (Lipinski definition) is 0. The molecular formula is C14H10FN. The average molecular weight is 211 g/mol. The van der Waals surface area contributed by atoms with Crippen molar-refractivity contribution < 1.29 is 4.39 Å². The summed E-state index contributed by atoms with van der Waals surface area (Å²) in [7, 11) is 0. The van der Waals surface area contributed by atoms with Crippen molar-refractivity contribution in [3.8, 4) is 11.1 Å². The summed E-state index contributed by atoms with van der Waals surface area (Å²) in [6.07, 6.45) is 3.99. The largest absolute Gasteiger partial charge is 0.323 e. The Kier molecular flexibility index (Phi) is 2.00. The lowest BCUT2D eigenvalue weighted by atomic mass is 10.1. The van der Waals surface area contributed by atoms with Crippen LogP contribution in [0.4, 0.5) is 4.39 Å². The molecule has 0 spiro atoms. The quantitative estimate of drug-likeness (QED) is 0.577. The molecule has 0 aliphatic rings. The van der Waals surface area contributed by atoms with E-state index < -0.39 is 0 Å². The van der Waals surface area contributed by atoms with Crippen LogP contribution in [0.3, 0.4) is 0 Å². The molecule has 78 valence electrons. The van der Waals surface area contributed by atoms with Crippen LogP contribution in [0.2, 0.25) is 0 Å². The highest BCUT2D eigenvalue weighted by Gasteiger charge is 2.02. The minimum absolute atomic E-state index is 0.201. The smallest absolute Gasteiger partial charge is 0.123 e. The number of fused-ring (bicyclic) bond motifs is 1. The molecule has 0 fully saturated rings. The Bertz CT molecular complexity index is 607. The number of aromatic nitrogens is 1. The molecule has 0 N–H and O–H groups in total. The first-order valence-electron chi connectivity index (χ1n) is 5.16. The number of nitrogens with zero attached hydrogens (tertiary/aromatic N) is 1. The molecule has 0 aliphatic heterocycles. The molecule has 2 aromatic heterocycles. The molecule has 3 aromatic rings. The SMILES string of the molecule is Fc1cccc(-c2cc3ccccn3c2)c1. The minimum atomic E-state index is -0.201. The lowest BCUT2D eigenvalue weighted by molar-refractivity contribution is 0.628. The summed E-state index contributed by atoms with van der Waals surface area (Å²) in [4.78, 5) is 0. The highest BCUT2D eigenvalue weighted by atomic mass is 19.1. The average Bonchev–Trinajstić information content (AvgIpc) is 2.72. The topological polar surface area (TPSA) is 4.41 Å². The van der Waals surface area contributed by atoms with Gasteiger partial charge in [0.15, 0.2) is 0 Å². The van der Waals surface area contributed by atoms with E-state index in [0.717, 1.165) is 16.6 Å². The van der Waals surface area contributed by atoms with Crippen LogP contribution in [0, 0.1) is 5.82 Å². The zero-order valence-corrected chi connectivity index (χ0v) is 8.60. The monoisotopic (exact) mass is 211 g/mol. The van der Waals surface area contributed by atoms with Crippen LogP contribution < -0.4 is 0 Å². The van der Waals surface area contributed by atoms with Gasteiger partial charge in [0.05, 0.1) is 0 Å². The Morgan fingerprint density at radius 3 is 2.62 bits per heavy atom. The van der Waals surface area contributed by atoms with Crippen molar-refractivity contribution >= 4 is 5.52 Å². The minimum Gasteiger partial charge on any atom is -0.323 e. The number of rotatable bonds is 1. The number of halogens is 1. The first-order chi connectivity index (χ1) is 7.83. The fraction of sp³-hybridized carbons (Fsp3) is 0. The Labute approximate surface area is 92.8 Å². The number of benzene rings is 1. The molecule has 1 nitrogen and oxygen atoms in total. The summed E-state index contributed by atoms with van der Waals surface area (Å²) in [5, 5.41) is 0. The van der Waals surface area contributed by atoms with E-state index in [1.54, 1.807) is 12.1 Å². The summed E-state index contributed by atoms with van der Waals surface area (Å²) >= 11 is 0. The molecule has 2 heteroatoms. The van der Waals surface area contributed by atoms with Crippen LogP contribution in [0.15, 0.2) is 60.9 Å². The Morgan fingerprint density at radius 1 is 0.875 bits per heavy atom. The van der Waals surface area contributed by atoms with Gasteiger partial charge in [-0.2, -0.15) is 0 Å². The van der Waals surface area contributed by atoms with Crippen molar-refractivity contribution in [2.75, 3.05) is 0 Å². The molecule has 0 saturated heterocycles. The second kappa shape index (κ2) is 3.49. The Hall–Kier alpha value is -2.09. The molecule has 0 saturated carbocycles. The van der Waals surface area contributed by atoms with Gasteiger partial charge in [0, 0.05) is 23.5 Å². The van der Waals surface area contributed by atoms with Crippen molar-refractivity contribution in [1.29, 1.82) is 0 Å². The summed E-state index contributed by atoms with van der Waals surface area (Å²) < 4.78 is 15.1. The van der Waals surface area contributed by atoms with Gasteiger partial charge in [0.2, 0.25) is 0 Å². The summed E-state index contributed by atoms with van der Waals surface area (Å²) in [5.74, 6) is -0.201. The van der Waals surface area contributed by atoms with E-state index in [1.165, 1.54) is 6.07 Å². The van der Waals surface area contributed by atoms with E-state index in [0.29, 0.717) is 0 Å². The second-order valence-corrected chi connectivity index (χ2v) is 3.77. The van der Waals surface area contributed by atoms with Gasteiger partial charge in [-0.1, -0.05) is 18.2 Å². The first-order valence-corrected chi connectivity index (χ1v) is 5.16. The van der Waals surface area contributed by atoms with Gasteiger partial charge in [-0.05, 0) is 35.9 Å². The molecule has 0 radical (unpaired) electrons. The fourth-order valence-corrected chi connectivity index (χ4v) is 1.88. The highest BCUT2D eigenvalue weighted by molar-refractivity contribution is 5.70. The van der Waals surface area contributed by atoms with Crippen LogP contribution in [-0.2, 0) is 0 Å². The van der Waals surface area contributed by atoms with Gasteiger partial charge in [0.25, 0.3) is 0 Å². The van der Waals surface area contributed by atoms with Crippen LogP contribution >= 0.6 is 0 Å². The third-order valence-electron chi connectivity index (χ3n) is 2.66. The van der Waals surface area contributed by atoms with Gasteiger partial charge >= 0.3 is 0 Å². The molecule has 16 heavy (non-hydrogen) atoms.